The predicted molar refractivity (Wildman–Crippen MR) is 98.5 cm³/mol. The van der Waals surface area contributed by atoms with Crippen LogP contribution in [0.2, 0.25) is 0 Å². The fraction of sp³-hybridized carbons (Fsp3) is 0.333. The summed E-state index contributed by atoms with van der Waals surface area (Å²) in [6.07, 6.45) is 0.849. The molecule has 7 nitrogen and oxygen atoms in total. The molecular formula is C18H19N3O4S. The predicted octanol–water partition coefficient (Wildman–Crippen LogP) is 1.85. The van der Waals surface area contributed by atoms with Gasteiger partial charge in [-0.05, 0) is 24.6 Å². The molecule has 1 aromatic heterocycles. The zero-order valence-electron chi connectivity index (χ0n) is 14.5. The van der Waals surface area contributed by atoms with Gasteiger partial charge in [0.05, 0.1) is 5.69 Å². The Morgan fingerprint density at radius 2 is 2.04 bits per heavy atom. The molecule has 0 N–H and O–H groups in total. The van der Waals surface area contributed by atoms with Gasteiger partial charge in [-0.3, -0.25) is 9.59 Å². The third-order valence-corrected chi connectivity index (χ3v) is 5.28. The minimum absolute atomic E-state index is 0.0136. The minimum Gasteiger partial charge on any atom is -0.451 e. The number of hydrogen-bond donors (Lipinski definition) is 0. The van der Waals surface area contributed by atoms with Gasteiger partial charge in [0.25, 0.3) is 11.5 Å². The quantitative estimate of drug-likeness (QED) is 0.764. The summed E-state index contributed by atoms with van der Waals surface area (Å²) in [6, 6.07) is 10.2. The molecule has 0 radical (unpaired) electrons. The summed E-state index contributed by atoms with van der Waals surface area (Å²) >= 11 is 1.73. The summed E-state index contributed by atoms with van der Waals surface area (Å²) in [5.41, 5.74) is 0.494. The van der Waals surface area contributed by atoms with E-state index in [1.165, 1.54) is 19.2 Å². The summed E-state index contributed by atoms with van der Waals surface area (Å²) in [7, 11) is 1.44. The first-order valence-electron chi connectivity index (χ1n) is 8.23. The van der Waals surface area contributed by atoms with E-state index in [2.05, 4.69) is 12.0 Å². The average Bonchev–Trinajstić information content (AvgIpc) is 2.80. The lowest BCUT2D eigenvalue weighted by Crippen LogP contribution is -2.36. The summed E-state index contributed by atoms with van der Waals surface area (Å²) in [5.74, 6) is -1.02. The normalized spacial score (nSPS) is 16.5. The molecular weight excluding hydrogens is 354 g/mol. The zero-order valence-corrected chi connectivity index (χ0v) is 15.4. The monoisotopic (exact) mass is 373 g/mol. The first-order valence-corrected chi connectivity index (χ1v) is 9.11. The topological polar surface area (TPSA) is 81.5 Å². The number of aryl methyl sites for hydroxylation is 1. The molecule has 1 aliphatic rings. The lowest BCUT2D eigenvalue weighted by Gasteiger charge is -2.22. The van der Waals surface area contributed by atoms with E-state index in [1.807, 2.05) is 24.3 Å². The Morgan fingerprint density at radius 1 is 1.27 bits per heavy atom. The van der Waals surface area contributed by atoms with Crippen molar-refractivity contribution in [1.29, 1.82) is 0 Å². The zero-order chi connectivity index (χ0) is 18.7. The van der Waals surface area contributed by atoms with Crippen LogP contribution in [0.3, 0.4) is 0 Å². The van der Waals surface area contributed by atoms with E-state index in [9.17, 15) is 14.4 Å². The molecule has 0 saturated carbocycles. The Bertz CT molecular complexity index is 896. The number of ether oxygens (including phenoxy) is 1. The number of para-hydroxylation sites is 1. The molecule has 0 bridgehead atoms. The molecule has 1 unspecified atom stereocenters. The van der Waals surface area contributed by atoms with Crippen LogP contribution in [0.1, 0.15) is 23.8 Å². The first-order chi connectivity index (χ1) is 12.5. The van der Waals surface area contributed by atoms with E-state index in [4.69, 9.17) is 4.74 Å². The van der Waals surface area contributed by atoms with Gasteiger partial charge in [0.15, 0.2) is 12.3 Å². The van der Waals surface area contributed by atoms with Crippen LogP contribution in [-0.2, 0) is 16.6 Å². The molecule has 2 heterocycles. The molecule has 1 aromatic carbocycles. The number of hydrogen-bond acceptors (Lipinski definition) is 6. The molecule has 1 amide bonds. The number of rotatable bonds is 3. The molecule has 0 saturated heterocycles. The van der Waals surface area contributed by atoms with Gasteiger partial charge in [0.2, 0.25) is 0 Å². The van der Waals surface area contributed by atoms with E-state index >= 15 is 0 Å². The number of carbonyl (C=O) groups excluding carboxylic acids is 2. The fourth-order valence-electron chi connectivity index (χ4n) is 2.64. The van der Waals surface area contributed by atoms with Crippen LogP contribution in [0.15, 0.2) is 46.1 Å². The molecule has 136 valence electrons. The van der Waals surface area contributed by atoms with Crippen molar-refractivity contribution in [1.82, 2.24) is 9.78 Å². The van der Waals surface area contributed by atoms with Gasteiger partial charge in [0.1, 0.15) is 0 Å². The smallest absolute Gasteiger partial charge is 0.359 e. The van der Waals surface area contributed by atoms with Gasteiger partial charge < -0.3 is 9.64 Å². The second-order valence-corrected chi connectivity index (χ2v) is 7.47. The highest BCUT2D eigenvalue weighted by atomic mass is 32.2. The number of fused-ring (bicyclic) bond motifs is 1. The Kier molecular flexibility index (Phi) is 5.41. The molecule has 0 fully saturated rings. The maximum atomic E-state index is 12.6. The standard InChI is InChI=1S/C18H19N3O4S/c1-12-9-10-21(14-5-3-4-6-15(14)26-12)17(23)11-25-18(24)13-7-8-16(22)20(2)19-13/h3-8,12H,9-11H2,1-2H3. The number of thioether (sulfide) groups is 1. The maximum Gasteiger partial charge on any atom is 0.359 e. The number of amides is 1. The van der Waals surface area contributed by atoms with Gasteiger partial charge in [-0.25, -0.2) is 9.48 Å². The molecule has 3 rings (SSSR count). The van der Waals surface area contributed by atoms with E-state index in [1.54, 1.807) is 16.7 Å². The highest BCUT2D eigenvalue weighted by molar-refractivity contribution is 8.00. The van der Waals surface area contributed by atoms with Crippen molar-refractivity contribution < 1.29 is 14.3 Å². The second-order valence-electron chi connectivity index (χ2n) is 5.99. The van der Waals surface area contributed by atoms with Gasteiger partial charge in [-0.1, -0.05) is 19.1 Å². The van der Waals surface area contributed by atoms with Crippen molar-refractivity contribution in [2.24, 2.45) is 7.05 Å². The molecule has 26 heavy (non-hydrogen) atoms. The van der Waals surface area contributed by atoms with Crippen molar-refractivity contribution in [2.45, 2.75) is 23.5 Å². The molecule has 8 heteroatoms. The highest BCUT2D eigenvalue weighted by Crippen LogP contribution is 2.37. The van der Waals surface area contributed by atoms with Crippen LogP contribution in [0.5, 0.6) is 0 Å². The number of nitrogens with zero attached hydrogens (tertiary/aromatic N) is 3. The van der Waals surface area contributed by atoms with Gasteiger partial charge in [0, 0.05) is 29.8 Å². The van der Waals surface area contributed by atoms with Gasteiger partial charge in [-0.2, -0.15) is 5.10 Å². The molecule has 2 aromatic rings. The Morgan fingerprint density at radius 3 is 2.81 bits per heavy atom. The molecule has 0 aliphatic carbocycles. The average molecular weight is 373 g/mol. The fourth-order valence-corrected chi connectivity index (χ4v) is 3.75. The number of anilines is 1. The van der Waals surface area contributed by atoms with Crippen molar-refractivity contribution in [3.05, 3.63) is 52.4 Å². The Balaban J connectivity index is 1.71. The SMILES string of the molecule is CC1CCN(C(=O)COC(=O)c2ccc(=O)n(C)n2)c2ccccc2S1. The largest absolute Gasteiger partial charge is 0.451 e. The van der Waals surface area contributed by atoms with Crippen LogP contribution in [-0.4, -0.2) is 40.1 Å². The van der Waals surface area contributed by atoms with Crippen LogP contribution in [0.4, 0.5) is 5.69 Å². The van der Waals surface area contributed by atoms with Gasteiger partial charge in [-0.15, -0.1) is 11.8 Å². The van der Waals surface area contributed by atoms with Crippen LogP contribution in [0.25, 0.3) is 0 Å². The minimum atomic E-state index is -0.736. The van der Waals surface area contributed by atoms with E-state index in [0.29, 0.717) is 11.8 Å². The van der Waals surface area contributed by atoms with Crippen molar-refractivity contribution in [3.63, 3.8) is 0 Å². The maximum absolute atomic E-state index is 12.6. The number of aromatic nitrogens is 2. The number of carbonyl (C=O) groups is 2. The van der Waals surface area contributed by atoms with E-state index < -0.39 is 5.97 Å². The first kappa shape index (κ1) is 18.2. The lowest BCUT2D eigenvalue weighted by molar-refractivity contribution is -0.121. The summed E-state index contributed by atoms with van der Waals surface area (Å²) in [5, 5.41) is 4.22. The van der Waals surface area contributed by atoms with Gasteiger partial charge >= 0.3 is 5.97 Å². The Labute approximate surface area is 155 Å². The van der Waals surface area contributed by atoms with Crippen molar-refractivity contribution >= 4 is 29.3 Å². The highest BCUT2D eigenvalue weighted by Gasteiger charge is 2.25. The Hall–Kier alpha value is -2.61. The summed E-state index contributed by atoms with van der Waals surface area (Å²) < 4.78 is 6.15. The third-order valence-electron chi connectivity index (χ3n) is 4.04. The summed E-state index contributed by atoms with van der Waals surface area (Å²) in [4.78, 5) is 38.8. The number of esters is 1. The molecule has 1 atom stereocenters. The summed E-state index contributed by atoms with van der Waals surface area (Å²) in [6.45, 7) is 2.32. The van der Waals surface area contributed by atoms with Crippen LogP contribution in [0, 0.1) is 0 Å². The number of benzene rings is 1. The molecule has 1 aliphatic heterocycles. The third kappa shape index (κ3) is 3.96. The van der Waals surface area contributed by atoms with Crippen LogP contribution >= 0.6 is 11.8 Å². The van der Waals surface area contributed by atoms with Crippen LogP contribution < -0.4 is 10.5 Å². The second kappa shape index (κ2) is 7.74. The lowest BCUT2D eigenvalue weighted by atomic mass is 10.2. The van der Waals surface area contributed by atoms with E-state index in [-0.39, 0.29) is 23.8 Å². The van der Waals surface area contributed by atoms with Crippen molar-refractivity contribution in [2.75, 3.05) is 18.1 Å². The van der Waals surface area contributed by atoms with E-state index in [0.717, 1.165) is 21.7 Å². The van der Waals surface area contributed by atoms with Crippen molar-refractivity contribution in [3.8, 4) is 0 Å². The molecule has 0 spiro atoms.